The molecule has 2 heterocycles. The highest BCUT2D eigenvalue weighted by Gasteiger charge is 2.38. The lowest BCUT2D eigenvalue weighted by molar-refractivity contribution is -0.135. The maximum absolute atomic E-state index is 12.3. The summed E-state index contributed by atoms with van der Waals surface area (Å²) in [7, 11) is 6.13. The van der Waals surface area contributed by atoms with E-state index in [1.54, 1.807) is 0 Å². The van der Waals surface area contributed by atoms with E-state index in [1.165, 1.54) is 25.0 Å². The quantitative estimate of drug-likeness (QED) is 0.590. The molecule has 6 nitrogen and oxygen atoms in total. The first-order chi connectivity index (χ1) is 11.1. The number of carbonyl (C=O) groups excluding carboxylic acids is 1. The topological polar surface area (TPSA) is 51.2 Å². The van der Waals surface area contributed by atoms with E-state index in [0.717, 1.165) is 31.3 Å². The minimum Gasteiger partial charge on any atom is -0.354 e. The molecule has 1 aliphatic carbocycles. The largest absolute Gasteiger partial charge is 0.354 e. The highest BCUT2D eigenvalue weighted by molar-refractivity contribution is 7.99. The molecule has 1 atom stereocenters. The first-order valence-corrected chi connectivity index (χ1v) is 9.71. The fourth-order valence-electron chi connectivity index (χ4n) is 3.46. The van der Waals surface area contributed by atoms with Gasteiger partial charge in [0.1, 0.15) is 0 Å². The van der Waals surface area contributed by atoms with Crippen LogP contribution in [0.4, 0.5) is 0 Å². The van der Waals surface area contributed by atoms with E-state index in [2.05, 4.69) is 39.1 Å². The number of hydrogen-bond acceptors (Lipinski definition) is 4. The zero-order valence-electron chi connectivity index (χ0n) is 14.5. The molecule has 1 N–H and O–H groups in total. The molecule has 1 saturated carbocycles. The monoisotopic (exact) mass is 339 g/mol. The molecule has 1 amide bonds. The maximum atomic E-state index is 12.3. The van der Waals surface area contributed by atoms with E-state index in [4.69, 9.17) is 0 Å². The van der Waals surface area contributed by atoms with Gasteiger partial charge in [-0.1, -0.05) is 0 Å². The lowest BCUT2D eigenvalue weighted by Gasteiger charge is -2.39. The highest BCUT2D eigenvalue weighted by Crippen LogP contribution is 2.31. The molecule has 2 aliphatic heterocycles. The van der Waals surface area contributed by atoms with E-state index in [0.29, 0.717) is 12.6 Å². The van der Waals surface area contributed by atoms with Crippen LogP contribution in [0, 0.1) is 0 Å². The normalized spacial score (nSPS) is 29.6. The third-order valence-electron chi connectivity index (χ3n) is 5.36. The van der Waals surface area contributed by atoms with Crippen molar-refractivity contribution in [3.63, 3.8) is 0 Å². The Balaban J connectivity index is 1.57. The number of hydrogen-bond donors (Lipinski definition) is 1. The average molecular weight is 340 g/mol. The van der Waals surface area contributed by atoms with Gasteiger partial charge in [0, 0.05) is 44.0 Å². The molecule has 1 unspecified atom stereocenters. The van der Waals surface area contributed by atoms with Gasteiger partial charge in [-0.15, -0.1) is 0 Å². The molecular formula is C16H29N5OS. The summed E-state index contributed by atoms with van der Waals surface area (Å²) in [6, 6.07) is 0.521. The number of rotatable bonds is 4. The number of amides is 1. The summed E-state index contributed by atoms with van der Waals surface area (Å²) in [6.07, 6.45) is 3.56. The fourth-order valence-corrected chi connectivity index (χ4v) is 5.02. The second-order valence-electron chi connectivity index (χ2n) is 7.06. The van der Waals surface area contributed by atoms with E-state index in [9.17, 15) is 4.79 Å². The van der Waals surface area contributed by atoms with Crippen molar-refractivity contribution in [3.8, 4) is 0 Å². The predicted octanol–water partition coefficient (Wildman–Crippen LogP) is 0.306. The molecule has 0 spiro atoms. The fraction of sp³-hybridized carbons (Fsp3) is 0.875. The van der Waals surface area contributed by atoms with Crippen LogP contribution < -0.4 is 5.32 Å². The Hall–Kier alpha value is -0.950. The van der Waals surface area contributed by atoms with Crippen molar-refractivity contribution < 1.29 is 4.79 Å². The summed E-state index contributed by atoms with van der Waals surface area (Å²) >= 11 is 2.02. The number of carbonyl (C=O) groups is 1. The maximum Gasteiger partial charge on any atom is 0.242 e. The van der Waals surface area contributed by atoms with Gasteiger partial charge < -0.3 is 20.0 Å². The molecule has 130 valence electrons. The lowest BCUT2D eigenvalue weighted by atomic mass is 9.97. The Morgan fingerprint density at radius 3 is 2.74 bits per heavy atom. The van der Waals surface area contributed by atoms with E-state index in [1.807, 2.05) is 18.8 Å². The van der Waals surface area contributed by atoms with Gasteiger partial charge in [-0.2, -0.15) is 11.8 Å². The second kappa shape index (κ2) is 6.89. The Bertz CT molecular complexity index is 471. The first-order valence-electron chi connectivity index (χ1n) is 8.56. The third-order valence-corrected chi connectivity index (χ3v) is 6.60. The summed E-state index contributed by atoms with van der Waals surface area (Å²) in [5, 5.41) is 3.53. The molecule has 7 heteroatoms. The van der Waals surface area contributed by atoms with Crippen molar-refractivity contribution in [1.29, 1.82) is 0 Å². The Labute approximate surface area is 143 Å². The second-order valence-corrected chi connectivity index (χ2v) is 8.17. The molecular weight excluding hydrogens is 310 g/mol. The van der Waals surface area contributed by atoms with Crippen molar-refractivity contribution in [3.05, 3.63) is 0 Å². The molecule has 2 saturated heterocycles. The van der Waals surface area contributed by atoms with Crippen LogP contribution in [0.5, 0.6) is 0 Å². The number of guanidine groups is 1. The van der Waals surface area contributed by atoms with E-state index >= 15 is 0 Å². The van der Waals surface area contributed by atoms with Crippen LogP contribution in [0.25, 0.3) is 0 Å². The Morgan fingerprint density at radius 1 is 1.43 bits per heavy atom. The van der Waals surface area contributed by atoms with E-state index in [-0.39, 0.29) is 11.4 Å². The highest BCUT2D eigenvalue weighted by atomic mass is 32.2. The van der Waals surface area contributed by atoms with E-state index < -0.39 is 0 Å². The number of thioether (sulfide) groups is 1. The predicted molar refractivity (Wildman–Crippen MR) is 96.0 cm³/mol. The number of likely N-dealkylation sites (N-methyl/N-ethyl adjacent to an activating group) is 1. The molecule has 3 fully saturated rings. The SMILES string of the molecule is CN=C(NCC1(N(C)C)CCSC1)N1CCN(C2CC2)C(=O)C1. The van der Waals surface area contributed by atoms with Gasteiger partial charge in [-0.3, -0.25) is 9.79 Å². The van der Waals surface area contributed by atoms with Crippen molar-refractivity contribution in [2.75, 3.05) is 58.8 Å². The summed E-state index contributed by atoms with van der Waals surface area (Å²) in [5.41, 5.74) is 0.195. The Morgan fingerprint density at radius 2 is 2.22 bits per heavy atom. The molecule has 0 radical (unpaired) electrons. The van der Waals surface area contributed by atoms with Crippen LogP contribution in [0.1, 0.15) is 19.3 Å². The molecule has 3 rings (SSSR count). The zero-order valence-corrected chi connectivity index (χ0v) is 15.4. The van der Waals surface area contributed by atoms with Crippen molar-refractivity contribution in [2.45, 2.75) is 30.8 Å². The van der Waals surface area contributed by atoms with Crippen LogP contribution in [-0.4, -0.2) is 97.0 Å². The zero-order chi connectivity index (χ0) is 16.4. The van der Waals surface area contributed by atoms with Crippen LogP contribution in [-0.2, 0) is 4.79 Å². The molecule has 0 aromatic heterocycles. The van der Waals surface area contributed by atoms with Crippen molar-refractivity contribution >= 4 is 23.6 Å². The third kappa shape index (κ3) is 3.60. The first kappa shape index (κ1) is 16.9. The van der Waals surface area contributed by atoms with Gasteiger partial charge in [0.05, 0.1) is 6.54 Å². The van der Waals surface area contributed by atoms with Crippen LogP contribution in [0.2, 0.25) is 0 Å². The average Bonchev–Trinajstić information content (AvgIpc) is 3.25. The minimum atomic E-state index is 0.195. The van der Waals surface area contributed by atoms with Gasteiger partial charge in [0.25, 0.3) is 0 Å². The summed E-state index contributed by atoms with van der Waals surface area (Å²) in [4.78, 5) is 23.2. The Kier molecular flexibility index (Phi) is 5.06. The van der Waals surface area contributed by atoms with Gasteiger partial charge >= 0.3 is 0 Å². The van der Waals surface area contributed by atoms with Crippen LogP contribution in [0.15, 0.2) is 4.99 Å². The molecule has 0 aromatic rings. The van der Waals surface area contributed by atoms with Gasteiger partial charge in [-0.05, 0) is 39.1 Å². The molecule has 3 aliphatic rings. The van der Waals surface area contributed by atoms with Gasteiger partial charge in [-0.25, -0.2) is 0 Å². The number of nitrogens with one attached hydrogen (secondary N) is 1. The van der Waals surface area contributed by atoms with Gasteiger partial charge in [0.15, 0.2) is 5.96 Å². The number of nitrogens with zero attached hydrogens (tertiary/aromatic N) is 4. The van der Waals surface area contributed by atoms with Crippen molar-refractivity contribution in [2.24, 2.45) is 4.99 Å². The smallest absolute Gasteiger partial charge is 0.242 e. The molecule has 23 heavy (non-hydrogen) atoms. The lowest BCUT2D eigenvalue weighted by Crippen LogP contribution is -2.59. The van der Waals surface area contributed by atoms with Crippen molar-refractivity contribution in [1.82, 2.24) is 20.0 Å². The molecule has 0 bridgehead atoms. The number of aliphatic imine (C=N–C) groups is 1. The standard InChI is InChI=1S/C16H29N5OS/c1-17-15(18-11-16(19(2)3)6-9-23-12-16)20-7-8-21(13-4-5-13)14(22)10-20/h13H,4-12H2,1-3H3,(H,17,18). The minimum absolute atomic E-state index is 0.195. The van der Waals surface area contributed by atoms with Gasteiger partial charge in [0.2, 0.25) is 5.91 Å². The molecule has 0 aromatic carbocycles. The number of piperazine rings is 1. The summed E-state index contributed by atoms with van der Waals surface area (Å²) in [5.74, 6) is 3.49. The van der Waals surface area contributed by atoms with Crippen LogP contribution >= 0.6 is 11.8 Å². The summed E-state index contributed by atoms with van der Waals surface area (Å²) in [6.45, 7) is 3.06. The summed E-state index contributed by atoms with van der Waals surface area (Å²) < 4.78 is 0. The van der Waals surface area contributed by atoms with Crippen LogP contribution in [0.3, 0.4) is 0 Å².